The van der Waals surface area contributed by atoms with Gasteiger partial charge in [0.05, 0.1) is 0 Å². The number of amides is 3. The number of imide groups is 1. The van der Waals surface area contributed by atoms with E-state index in [1.807, 2.05) is 0 Å². The normalized spacial score (nSPS) is 11.5. The lowest BCUT2D eigenvalue weighted by atomic mass is 10.3. The first-order valence-corrected chi connectivity index (χ1v) is 4.79. The number of nitrogens with one attached hydrogen (secondary N) is 2. The van der Waals surface area contributed by atoms with Crippen molar-refractivity contribution in [3.8, 4) is 0 Å². The van der Waals surface area contributed by atoms with Crippen LogP contribution in [-0.2, 0) is 11.3 Å². The van der Waals surface area contributed by atoms with E-state index in [0.717, 1.165) is 0 Å². The Bertz CT molecular complexity index is 394. The maximum absolute atomic E-state index is 11.2. The third-order valence-corrected chi connectivity index (χ3v) is 1.65. The molecule has 0 saturated heterocycles. The fourth-order valence-electron chi connectivity index (χ4n) is 0.765. The van der Waals surface area contributed by atoms with Gasteiger partial charge in [0.2, 0.25) is 0 Å². The van der Waals surface area contributed by atoms with Crippen LogP contribution in [0.3, 0.4) is 0 Å². The second kappa shape index (κ2) is 5.17. The molecule has 0 aromatic carbocycles. The van der Waals surface area contributed by atoms with Crippen molar-refractivity contribution in [2.24, 2.45) is 0 Å². The summed E-state index contributed by atoms with van der Waals surface area (Å²) < 4.78 is 21.5. The molecule has 0 aliphatic rings. The number of nitrogens with zero attached hydrogens (tertiary/aromatic N) is 1. The molecule has 0 bridgehead atoms. The van der Waals surface area contributed by atoms with Gasteiger partial charge in [-0.2, -0.15) is 0 Å². The van der Waals surface area contributed by atoms with E-state index in [-0.39, 0.29) is 5.69 Å². The summed E-state index contributed by atoms with van der Waals surface area (Å²) >= 11 is -2.75. The van der Waals surface area contributed by atoms with Crippen LogP contribution in [0.2, 0.25) is 0 Å². The molecule has 1 heterocycles. The number of urea groups is 1. The fraction of sp³-hybridized carbons (Fsp3) is 0. The van der Waals surface area contributed by atoms with E-state index in [1.54, 1.807) is 17.4 Å². The quantitative estimate of drug-likeness (QED) is 0.651. The highest BCUT2D eigenvalue weighted by Crippen LogP contribution is 1.92. The molecule has 1 atom stereocenters. The molecule has 0 saturated carbocycles. The lowest BCUT2D eigenvalue weighted by molar-refractivity contribution is 0.0960. The van der Waals surface area contributed by atoms with Crippen LogP contribution in [0, 0.1) is 0 Å². The van der Waals surface area contributed by atoms with Crippen LogP contribution in [0.4, 0.5) is 4.79 Å². The van der Waals surface area contributed by atoms with E-state index < -0.39 is 23.2 Å². The summed E-state index contributed by atoms with van der Waals surface area (Å²) in [6, 6.07) is 3.42. The predicted octanol–water partition coefficient (Wildman–Crippen LogP) is -0.685. The maximum atomic E-state index is 11.2. The minimum atomic E-state index is -2.75. The van der Waals surface area contributed by atoms with Gasteiger partial charge >= 0.3 is 6.03 Å². The average Bonchev–Trinajstić information content (AvgIpc) is 2.17. The van der Waals surface area contributed by atoms with Crippen molar-refractivity contribution in [3.05, 3.63) is 30.1 Å². The van der Waals surface area contributed by atoms with Gasteiger partial charge in [-0.05, 0) is 12.1 Å². The minimum absolute atomic E-state index is 0.0179. The van der Waals surface area contributed by atoms with Crippen molar-refractivity contribution in [1.29, 1.82) is 0 Å². The largest absolute Gasteiger partial charge is 0.755 e. The molecule has 8 heteroatoms. The number of aromatic nitrogens is 1. The first-order valence-electron chi connectivity index (χ1n) is 3.72. The number of pyridine rings is 1. The molecule has 1 rings (SSSR count). The second-order valence-corrected chi connectivity index (χ2v) is 3.01. The van der Waals surface area contributed by atoms with Gasteiger partial charge in [0.25, 0.3) is 5.91 Å². The maximum Gasteiger partial charge on any atom is 0.332 e. The fourth-order valence-corrected chi connectivity index (χ4v) is 0.968. The molecule has 15 heavy (non-hydrogen) atoms. The van der Waals surface area contributed by atoms with Crippen molar-refractivity contribution < 1.29 is 18.4 Å². The number of hydrogen-bond acceptors (Lipinski definition) is 5. The molecule has 7 nitrogen and oxygen atoms in total. The van der Waals surface area contributed by atoms with E-state index in [2.05, 4.69) is 4.98 Å². The molecule has 2 N–H and O–H groups in total. The second-order valence-electron chi connectivity index (χ2n) is 2.33. The highest BCUT2D eigenvalue weighted by atomic mass is 32.2. The standard InChI is InChI=1S/C7H7N3O4S/c11-6(5-3-1-2-4-8-5)9-7(12)10-15(13)14/h1-4H,(H,13,14)(H2,9,10,11,12)/p-1. The van der Waals surface area contributed by atoms with Gasteiger partial charge in [-0.25, -0.2) is 4.79 Å². The van der Waals surface area contributed by atoms with E-state index in [9.17, 15) is 18.4 Å². The molecular formula is C7H6N3O4S-. The molecule has 0 fully saturated rings. The van der Waals surface area contributed by atoms with E-state index in [4.69, 9.17) is 0 Å². The predicted molar refractivity (Wildman–Crippen MR) is 49.2 cm³/mol. The highest BCUT2D eigenvalue weighted by molar-refractivity contribution is 7.77. The zero-order valence-electron chi connectivity index (χ0n) is 7.30. The average molecular weight is 228 g/mol. The van der Waals surface area contributed by atoms with Gasteiger partial charge in [-0.1, -0.05) is 6.07 Å². The Kier molecular flexibility index (Phi) is 3.89. The van der Waals surface area contributed by atoms with Crippen LogP contribution in [0.25, 0.3) is 0 Å². The molecule has 0 spiro atoms. The van der Waals surface area contributed by atoms with Crippen LogP contribution in [-0.4, -0.2) is 25.7 Å². The van der Waals surface area contributed by atoms with Gasteiger partial charge in [-0.15, -0.1) is 0 Å². The Labute approximate surface area is 87.3 Å². The Morgan fingerprint density at radius 3 is 2.67 bits per heavy atom. The molecular weight excluding hydrogens is 222 g/mol. The molecule has 0 aliphatic heterocycles. The van der Waals surface area contributed by atoms with Gasteiger partial charge < -0.3 is 4.55 Å². The molecule has 0 aliphatic carbocycles. The monoisotopic (exact) mass is 228 g/mol. The van der Waals surface area contributed by atoms with Gasteiger partial charge in [0.1, 0.15) is 5.69 Å². The summed E-state index contributed by atoms with van der Waals surface area (Å²) in [5.74, 6) is -0.779. The van der Waals surface area contributed by atoms with E-state index in [0.29, 0.717) is 0 Å². The first-order chi connectivity index (χ1) is 7.09. The van der Waals surface area contributed by atoms with Crippen LogP contribution in [0.5, 0.6) is 0 Å². The van der Waals surface area contributed by atoms with Gasteiger partial charge in [-0.3, -0.25) is 24.0 Å². The molecule has 1 aromatic heterocycles. The number of carbonyl (C=O) groups excluding carboxylic acids is 2. The molecule has 80 valence electrons. The summed E-state index contributed by atoms with van der Waals surface area (Å²) in [6.07, 6.45) is 1.37. The first kappa shape index (κ1) is 11.3. The molecule has 1 aromatic rings. The summed E-state index contributed by atoms with van der Waals surface area (Å²) in [7, 11) is 0. The van der Waals surface area contributed by atoms with Gasteiger partial charge in [0, 0.05) is 17.5 Å². The lowest BCUT2D eigenvalue weighted by Gasteiger charge is -2.07. The van der Waals surface area contributed by atoms with Crippen molar-refractivity contribution in [1.82, 2.24) is 15.0 Å². The van der Waals surface area contributed by atoms with Crippen molar-refractivity contribution in [2.45, 2.75) is 0 Å². The third kappa shape index (κ3) is 3.83. The third-order valence-electron chi connectivity index (χ3n) is 1.30. The van der Waals surface area contributed by atoms with E-state index >= 15 is 0 Å². The Hall–Kier alpha value is -1.80. The van der Waals surface area contributed by atoms with Crippen LogP contribution >= 0.6 is 0 Å². The summed E-state index contributed by atoms with van der Waals surface area (Å²) in [5.41, 5.74) is 0.0179. The van der Waals surface area contributed by atoms with E-state index in [1.165, 1.54) is 17.0 Å². The molecule has 1 unspecified atom stereocenters. The minimum Gasteiger partial charge on any atom is -0.755 e. The highest BCUT2D eigenvalue weighted by Gasteiger charge is 2.09. The summed E-state index contributed by atoms with van der Waals surface area (Å²) in [6.45, 7) is 0. The lowest BCUT2D eigenvalue weighted by Crippen LogP contribution is -2.40. The smallest absolute Gasteiger partial charge is 0.332 e. The zero-order chi connectivity index (χ0) is 11.3. The number of carbonyl (C=O) groups is 2. The summed E-state index contributed by atoms with van der Waals surface area (Å²) in [4.78, 5) is 25.6. The Balaban J connectivity index is 2.57. The van der Waals surface area contributed by atoms with Gasteiger partial charge in [0.15, 0.2) is 0 Å². The van der Waals surface area contributed by atoms with Crippen molar-refractivity contribution >= 4 is 23.2 Å². The van der Waals surface area contributed by atoms with Crippen LogP contribution < -0.4 is 10.0 Å². The number of rotatable bonds is 2. The topological polar surface area (TPSA) is 111 Å². The SMILES string of the molecule is O=C(NC(=O)c1ccccn1)NS(=O)[O-]. The zero-order valence-corrected chi connectivity index (χ0v) is 8.11. The molecule has 3 amide bonds. The summed E-state index contributed by atoms with van der Waals surface area (Å²) in [5, 5.41) is 1.78. The number of hydrogen-bond donors (Lipinski definition) is 2. The van der Waals surface area contributed by atoms with Crippen molar-refractivity contribution in [3.63, 3.8) is 0 Å². The Morgan fingerprint density at radius 1 is 1.40 bits per heavy atom. The molecule has 0 radical (unpaired) electrons. The van der Waals surface area contributed by atoms with Crippen LogP contribution in [0.1, 0.15) is 10.5 Å². The van der Waals surface area contributed by atoms with Crippen LogP contribution in [0.15, 0.2) is 24.4 Å². The van der Waals surface area contributed by atoms with Crippen molar-refractivity contribution in [2.75, 3.05) is 0 Å². The Morgan fingerprint density at radius 2 is 2.13 bits per heavy atom.